The summed E-state index contributed by atoms with van der Waals surface area (Å²) in [6.45, 7) is 37.4. The average molecular weight is 1040 g/mol. The topological polar surface area (TPSA) is 303 Å². The van der Waals surface area contributed by atoms with Gasteiger partial charge in [-0.1, -0.05) is 84.9 Å². The highest BCUT2D eigenvalue weighted by Gasteiger charge is 2.22. The standard InChI is InChI=1S/C14H17N.C13H26N4O3.C10H20N2O2.C7H7NO3.C4H10.C3H6N2O2.C3H6/c1-5-14(3,4)15-10-11(2)12-8-6-7-9-13(12)15;1-8(2)5-10(17-11(18)6-14)13(20)15-7-12(19)16-9(3)4;1-8(2)5-9(3)11-10(14)6-12(4)7-13;1-5-2-3-7(9)6(4-5)8(10)11;1-4(2)3;4-3(7)1-5-2-6;1-3-2/h5-10H,1H2,2-4H3;8-10H,5-7,14H2,1-4H3,(H,15,20)(H,16,19)(H,17,18);7-9H,5-6H2,1-4H3,(H,11,14);2-4,9H,1H3;4H,1-3H3;2H,1H2,(H2,4,7)(H,5,6);3H,1H2,2H3. The van der Waals surface area contributed by atoms with Crippen molar-refractivity contribution in [3.63, 3.8) is 0 Å². The van der Waals surface area contributed by atoms with Gasteiger partial charge in [-0.3, -0.25) is 43.7 Å². The Labute approximate surface area is 441 Å². The number of aromatic nitrogens is 1. The molecule has 1 heterocycles. The van der Waals surface area contributed by atoms with Gasteiger partial charge in [0.15, 0.2) is 5.75 Å². The Balaban J connectivity index is -0.000000411. The number of para-hydroxylation sites is 1. The van der Waals surface area contributed by atoms with Gasteiger partial charge in [-0.15, -0.1) is 13.2 Å². The summed E-state index contributed by atoms with van der Waals surface area (Å²) in [5, 5.41) is 33.2. The van der Waals surface area contributed by atoms with Crippen LogP contribution in [0.3, 0.4) is 0 Å². The first-order valence-electron chi connectivity index (χ1n) is 24.5. The molecule has 2 unspecified atom stereocenters. The number of nitro benzene ring substituents is 1. The molecule has 0 aliphatic heterocycles. The van der Waals surface area contributed by atoms with E-state index in [9.17, 15) is 43.7 Å². The molecule has 74 heavy (non-hydrogen) atoms. The van der Waals surface area contributed by atoms with E-state index < -0.39 is 22.8 Å². The fraction of sp³-hybridized carbons (Fsp3) is 0.537. The zero-order valence-electron chi connectivity index (χ0n) is 47.2. The number of carbonyl (C=O) groups excluding carboxylic acids is 7. The molecule has 7 amide bonds. The van der Waals surface area contributed by atoms with Crippen LogP contribution in [0.1, 0.15) is 114 Å². The molecule has 418 valence electrons. The Hall–Kier alpha value is -7.09. The molecule has 2 aromatic carbocycles. The quantitative estimate of drug-likeness (QED) is 0.0269. The lowest BCUT2D eigenvalue weighted by Gasteiger charge is -2.23. The third-order valence-electron chi connectivity index (χ3n) is 8.94. The van der Waals surface area contributed by atoms with Crippen molar-refractivity contribution in [2.24, 2.45) is 29.2 Å². The summed E-state index contributed by atoms with van der Waals surface area (Å²) in [4.78, 5) is 86.3. The third-order valence-corrected chi connectivity index (χ3v) is 8.94. The molecule has 20 nitrogen and oxygen atoms in total. The average Bonchev–Trinajstić information content (AvgIpc) is 3.64. The number of aryl methyl sites for hydroxylation is 2. The lowest BCUT2D eigenvalue weighted by atomic mass is 10.0. The van der Waals surface area contributed by atoms with E-state index in [1.165, 1.54) is 33.5 Å². The van der Waals surface area contributed by atoms with Crippen LogP contribution in [0.25, 0.3) is 10.9 Å². The van der Waals surface area contributed by atoms with Gasteiger partial charge in [0.1, 0.15) is 6.04 Å². The van der Waals surface area contributed by atoms with Gasteiger partial charge < -0.3 is 52.6 Å². The van der Waals surface area contributed by atoms with Crippen LogP contribution in [-0.4, -0.2) is 113 Å². The Morgan fingerprint density at radius 3 is 1.81 bits per heavy atom. The van der Waals surface area contributed by atoms with Crippen molar-refractivity contribution in [3.05, 3.63) is 95.2 Å². The molecule has 10 N–H and O–H groups in total. The van der Waals surface area contributed by atoms with E-state index >= 15 is 0 Å². The Kier molecular flexibility index (Phi) is 41.1. The minimum atomic E-state index is -0.669. The molecule has 2 atom stereocenters. The van der Waals surface area contributed by atoms with E-state index in [0.29, 0.717) is 25.2 Å². The molecule has 0 radical (unpaired) electrons. The summed E-state index contributed by atoms with van der Waals surface area (Å²) < 4.78 is 2.28. The van der Waals surface area contributed by atoms with E-state index in [0.717, 1.165) is 17.9 Å². The SMILES string of the molecule is C=CC.C=CC(C)(C)n1cc(C)c2ccccc21.CC(C)C.CC(C)CC(C)NC(=O)CN(C)C=O.CC(C)CC(NC(=O)CN)C(=O)NCC(=O)NC(C)C.Cc1ccc(O)c([N+](=O)[O-])c1.NC(=O)CNC=O. The van der Waals surface area contributed by atoms with Crippen molar-refractivity contribution in [3.8, 4) is 5.75 Å². The van der Waals surface area contributed by atoms with Crippen molar-refractivity contribution in [2.45, 2.75) is 140 Å². The Morgan fingerprint density at radius 1 is 0.851 bits per heavy atom. The summed E-state index contributed by atoms with van der Waals surface area (Å²) in [7, 11) is 1.58. The van der Waals surface area contributed by atoms with Crippen LogP contribution < -0.4 is 38.1 Å². The second-order valence-corrected chi connectivity index (χ2v) is 19.4. The van der Waals surface area contributed by atoms with E-state index in [1.54, 1.807) is 26.1 Å². The number of amides is 7. The van der Waals surface area contributed by atoms with Crippen molar-refractivity contribution in [1.29, 1.82) is 0 Å². The number of allylic oxidation sites excluding steroid dienone is 2. The molecule has 0 aliphatic rings. The van der Waals surface area contributed by atoms with E-state index in [2.05, 4.69) is 136 Å². The first kappa shape index (κ1) is 73.4. The molecule has 0 aliphatic carbocycles. The number of hydrogen-bond donors (Lipinski definition) is 8. The molecule has 0 saturated carbocycles. The fourth-order valence-corrected chi connectivity index (χ4v) is 5.82. The van der Waals surface area contributed by atoms with Crippen LogP contribution in [0.15, 0.2) is 74.0 Å². The van der Waals surface area contributed by atoms with Crippen molar-refractivity contribution < 1.29 is 43.6 Å². The zero-order valence-corrected chi connectivity index (χ0v) is 47.2. The predicted molar refractivity (Wildman–Crippen MR) is 298 cm³/mol. The van der Waals surface area contributed by atoms with Crippen molar-refractivity contribution in [1.82, 2.24) is 36.1 Å². The number of phenolic OH excluding ortho intramolecular Hbond substituents is 1. The van der Waals surface area contributed by atoms with Crippen LogP contribution in [0.5, 0.6) is 5.75 Å². The largest absolute Gasteiger partial charge is 0.502 e. The van der Waals surface area contributed by atoms with Gasteiger partial charge in [0, 0.05) is 42.3 Å². The second kappa shape index (κ2) is 41.4. The van der Waals surface area contributed by atoms with Gasteiger partial charge >= 0.3 is 5.69 Å². The molecular formula is C54H92N10O10. The van der Waals surface area contributed by atoms with Crippen LogP contribution in [0, 0.1) is 41.7 Å². The van der Waals surface area contributed by atoms with Gasteiger partial charge in [-0.2, -0.15) is 0 Å². The van der Waals surface area contributed by atoms with E-state index in [1.807, 2.05) is 47.6 Å². The second-order valence-electron chi connectivity index (χ2n) is 19.4. The number of carbonyl (C=O) groups is 7. The van der Waals surface area contributed by atoms with Crippen molar-refractivity contribution in [2.75, 3.05) is 33.2 Å². The monoisotopic (exact) mass is 1040 g/mol. The number of nitrogens with one attached hydrogen (secondary N) is 5. The van der Waals surface area contributed by atoms with E-state index in [4.69, 9.17) is 10.8 Å². The number of primary amides is 1. The van der Waals surface area contributed by atoms with Crippen LogP contribution in [0.4, 0.5) is 5.69 Å². The smallest absolute Gasteiger partial charge is 0.310 e. The zero-order chi connectivity index (χ0) is 58.3. The van der Waals surface area contributed by atoms with Gasteiger partial charge in [0.05, 0.1) is 36.6 Å². The summed E-state index contributed by atoms with van der Waals surface area (Å²) in [5.74, 6) is -0.332. The molecule has 0 bridgehead atoms. The number of benzene rings is 2. The first-order chi connectivity index (χ1) is 34.3. The maximum absolute atomic E-state index is 12.0. The normalized spacial score (nSPS) is 10.8. The third kappa shape index (κ3) is 38.6. The lowest BCUT2D eigenvalue weighted by molar-refractivity contribution is -0.385. The summed E-state index contributed by atoms with van der Waals surface area (Å²) >= 11 is 0. The number of nitrogens with two attached hydrogens (primary N) is 2. The molecule has 0 spiro atoms. The van der Waals surface area contributed by atoms with Crippen LogP contribution in [0.2, 0.25) is 0 Å². The Bertz CT molecular complexity index is 2150. The Morgan fingerprint density at radius 2 is 1.39 bits per heavy atom. The highest BCUT2D eigenvalue weighted by molar-refractivity contribution is 5.91. The maximum atomic E-state index is 12.0. The molecular weight excluding hydrogens is 949 g/mol. The molecule has 0 fully saturated rings. The highest BCUT2D eigenvalue weighted by atomic mass is 16.6. The predicted octanol–water partition coefficient (Wildman–Crippen LogP) is 6.29. The van der Waals surface area contributed by atoms with Crippen molar-refractivity contribution >= 4 is 58.9 Å². The number of nitro groups is 1. The lowest BCUT2D eigenvalue weighted by Crippen LogP contribution is -2.51. The summed E-state index contributed by atoms with van der Waals surface area (Å²) in [6.07, 6.45) is 8.45. The van der Waals surface area contributed by atoms with Gasteiger partial charge in [0.25, 0.3) is 0 Å². The minimum absolute atomic E-state index is 0.0165. The summed E-state index contributed by atoms with van der Waals surface area (Å²) in [6, 6.07) is 12.3. The number of phenols is 1. The number of fused-ring (bicyclic) bond motifs is 1. The number of nitrogens with zero attached hydrogens (tertiary/aromatic N) is 3. The van der Waals surface area contributed by atoms with Gasteiger partial charge in [-0.05, 0) is 109 Å². The summed E-state index contributed by atoms with van der Waals surface area (Å²) in [5.41, 5.74) is 12.9. The first-order valence-corrected chi connectivity index (χ1v) is 24.5. The van der Waals surface area contributed by atoms with Gasteiger partial charge in [-0.25, -0.2) is 0 Å². The van der Waals surface area contributed by atoms with E-state index in [-0.39, 0.29) is 78.9 Å². The maximum Gasteiger partial charge on any atom is 0.310 e. The molecule has 20 heteroatoms. The number of rotatable bonds is 20. The minimum Gasteiger partial charge on any atom is -0.502 e. The fourth-order valence-electron chi connectivity index (χ4n) is 5.82. The number of hydrogen-bond acceptors (Lipinski definition) is 11. The molecule has 0 saturated heterocycles. The molecule has 3 aromatic rings. The highest BCUT2D eigenvalue weighted by Crippen LogP contribution is 2.28. The molecule has 3 rings (SSSR count). The van der Waals surface area contributed by atoms with Crippen LogP contribution in [-0.2, 0) is 39.1 Å². The molecule has 1 aromatic heterocycles. The van der Waals surface area contributed by atoms with Crippen LogP contribution >= 0.6 is 0 Å². The van der Waals surface area contributed by atoms with Gasteiger partial charge in [0.2, 0.25) is 42.4 Å². The number of aromatic hydroxyl groups is 1. The number of likely N-dealkylation sites (N-methyl/N-ethyl adjacent to an activating group) is 1.